The molecule has 101 heavy (non-hydrogen) atoms. The lowest BCUT2D eigenvalue weighted by molar-refractivity contribution is -0.161. The van der Waals surface area contributed by atoms with Crippen molar-refractivity contribution in [2.45, 2.75) is 270 Å². The summed E-state index contributed by atoms with van der Waals surface area (Å²) in [6.07, 6.45) is 96.3. The number of carbonyl (C=O) groups excluding carboxylic acids is 3. The zero-order valence-electron chi connectivity index (χ0n) is 62.0. The van der Waals surface area contributed by atoms with E-state index in [1.165, 1.54) is 32.1 Å². The fraction of sp³-hybridized carbons (Fsp3) is 0.578. The van der Waals surface area contributed by atoms with Gasteiger partial charge in [0, 0.05) is 19.3 Å². The molecule has 0 amide bonds. The van der Waals surface area contributed by atoms with Crippen molar-refractivity contribution in [3.63, 3.8) is 0 Å². The molecular formula is C83H132O16P2. The number of hydrogen-bond acceptors (Lipinski definition) is 14. The van der Waals surface area contributed by atoms with Crippen molar-refractivity contribution < 1.29 is 75.8 Å². The van der Waals surface area contributed by atoms with Crippen LogP contribution in [0.15, 0.2) is 194 Å². The highest BCUT2D eigenvalue weighted by Crippen LogP contribution is 2.45. The standard InChI is InChI=1S/C83H132O16P2/c1-4-7-10-13-16-19-22-25-28-31-33-34-35-36-37-38-39-40-41-42-44-47-48-51-54-57-60-63-66-69-81(86)93-72-78(84)73-95-100(89,90)96-74-79(85)75-97-101(91,92)98-77-80(99-83(88)71-68-65-62-59-56-53-50-45-30-27-24-21-18-15-12-9-6-3)76-94-82(87)70-67-64-61-58-55-52-49-46-43-32-29-26-23-20-17-14-11-8-5-2/h7-12,16-21,25-30,33-34,36-37,39-40,43,46,50,52-53,55,59,62,78-80,84-85H,4-6,13-15,22-24,31-32,35,38,41-42,44-45,47-49,51,54,56-58,60-61,63-77H2,1-3H3,(H,89,90)(H,91,92)/b10-7-,11-8-,12-9-,19-16-,20-17-,21-18-,28-25-,29-26-,30-27-,34-33-,37-36-,40-39-,46-43-,53-50-,55-52-,62-59-. The van der Waals surface area contributed by atoms with E-state index in [2.05, 4.69) is 203 Å². The maximum atomic E-state index is 12.9. The van der Waals surface area contributed by atoms with Crippen LogP contribution in [0.25, 0.3) is 0 Å². The van der Waals surface area contributed by atoms with E-state index in [0.717, 1.165) is 154 Å². The van der Waals surface area contributed by atoms with Crippen LogP contribution in [0.3, 0.4) is 0 Å². The van der Waals surface area contributed by atoms with Gasteiger partial charge in [-0.05, 0) is 154 Å². The fourth-order valence-electron chi connectivity index (χ4n) is 9.16. The lowest BCUT2D eigenvalue weighted by atomic mass is 10.1. The molecule has 0 bridgehead atoms. The molecule has 4 N–H and O–H groups in total. The van der Waals surface area contributed by atoms with Crippen molar-refractivity contribution in [1.82, 2.24) is 0 Å². The van der Waals surface area contributed by atoms with Crippen LogP contribution >= 0.6 is 15.6 Å². The highest BCUT2D eigenvalue weighted by molar-refractivity contribution is 7.47. The van der Waals surface area contributed by atoms with E-state index >= 15 is 0 Å². The van der Waals surface area contributed by atoms with Crippen LogP contribution in [-0.2, 0) is 55.8 Å². The van der Waals surface area contributed by atoms with Gasteiger partial charge in [-0.1, -0.05) is 273 Å². The highest BCUT2D eigenvalue weighted by Gasteiger charge is 2.29. The molecule has 0 rings (SSSR count). The van der Waals surface area contributed by atoms with Crippen LogP contribution in [-0.4, -0.2) is 95.9 Å². The average Bonchev–Trinajstić information content (AvgIpc) is 1.06. The molecular weight excluding hydrogens is 1310 g/mol. The number of rotatable bonds is 69. The molecule has 0 aliphatic rings. The molecule has 0 aliphatic heterocycles. The zero-order valence-corrected chi connectivity index (χ0v) is 63.8. The maximum absolute atomic E-state index is 12.9. The second-order valence-corrected chi connectivity index (χ2v) is 27.2. The summed E-state index contributed by atoms with van der Waals surface area (Å²) in [7, 11) is -9.83. The van der Waals surface area contributed by atoms with Gasteiger partial charge in [-0.3, -0.25) is 32.5 Å². The first-order valence-corrected chi connectivity index (χ1v) is 40.7. The Morgan fingerprint density at radius 3 is 0.822 bits per heavy atom. The zero-order chi connectivity index (χ0) is 73.7. The number of phosphoric acid groups is 2. The molecule has 0 saturated carbocycles. The van der Waals surface area contributed by atoms with E-state index in [4.69, 9.17) is 32.3 Å². The summed E-state index contributed by atoms with van der Waals surface area (Å²) >= 11 is 0. The molecule has 0 aliphatic carbocycles. The Morgan fingerprint density at radius 2 is 0.505 bits per heavy atom. The molecule has 18 heteroatoms. The molecule has 5 atom stereocenters. The number of allylic oxidation sites excluding steroid dienone is 32. The van der Waals surface area contributed by atoms with Crippen molar-refractivity contribution in [3.8, 4) is 0 Å². The van der Waals surface area contributed by atoms with Crippen LogP contribution < -0.4 is 0 Å². The lowest BCUT2D eigenvalue weighted by Gasteiger charge is -2.21. The number of phosphoric ester groups is 2. The van der Waals surface area contributed by atoms with E-state index in [-0.39, 0.29) is 19.3 Å². The fourth-order valence-corrected chi connectivity index (χ4v) is 10.7. The molecule has 0 spiro atoms. The largest absolute Gasteiger partial charge is 0.472 e. The van der Waals surface area contributed by atoms with Crippen molar-refractivity contribution in [3.05, 3.63) is 194 Å². The Bertz CT molecular complexity index is 2620. The SMILES string of the molecule is CC/C=C\C/C=C\C/C=C\C/C=C\C/C=C\C/C=C\CCCCCCCCCCCCC(=O)OCC(O)COP(=O)(O)OCC(O)COP(=O)(O)OCC(COC(=O)CCCCC/C=C\C/C=C\C/C=C\C/C=C\C/C=C\CC)OC(=O)CCC/C=C\C/C=C\C/C=C\C/C=C\C/C=C\CC. The predicted octanol–water partition coefficient (Wildman–Crippen LogP) is 22.0. The number of carbonyl (C=O) groups is 3. The van der Waals surface area contributed by atoms with Gasteiger partial charge >= 0.3 is 33.6 Å². The van der Waals surface area contributed by atoms with Crippen molar-refractivity contribution in [2.75, 3.05) is 39.6 Å². The van der Waals surface area contributed by atoms with E-state index in [9.17, 15) is 43.5 Å². The van der Waals surface area contributed by atoms with Crippen molar-refractivity contribution >= 4 is 33.6 Å². The molecule has 0 radical (unpaired) electrons. The monoisotopic (exact) mass is 1450 g/mol. The molecule has 16 nitrogen and oxygen atoms in total. The molecule has 0 fully saturated rings. The highest BCUT2D eigenvalue weighted by atomic mass is 31.2. The summed E-state index contributed by atoms with van der Waals surface area (Å²) in [6, 6.07) is 0. The summed E-state index contributed by atoms with van der Waals surface area (Å²) < 4.78 is 61.0. The van der Waals surface area contributed by atoms with E-state index in [1.807, 2.05) is 12.2 Å². The Morgan fingerprint density at radius 1 is 0.277 bits per heavy atom. The van der Waals surface area contributed by atoms with Gasteiger partial charge in [0.25, 0.3) is 0 Å². The summed E-state index contributed by atoms with van der Waals surface area (Å²) in [6.45, 7) is 2.19. The van der Waals surface area contributed by atoms with E-state index in [0.29, 0.717) is 25.7 Å². The summed E-state index contributed by atoms with van der Waals surface area (Å²) in [5.41, 5.74) is 0. The Hall–Kier alpha value is -5.61. The van der Waals surface area contributed by atoms with Crippen molar-refractivity contribution in [2.24, 2.45) is 0 Å². The number of aliphatic hydroxyl groups is 2. The molecule has 0 saturated heterocycles. The van der Waals surface area contributed by atoms with Crippen LogP contribution in [0.1, 0.15) is 252 Å². The third-order valence-electron chi connectivity index (χ3n) is 14.8. The minimum Gasteiger partial charge on any atom is -0.463 e. The topological polar surface area (TPSA) is 231 Å². The first kappa shape index (κ1) is 95.4. The Labute approximate surface area is 610 Å². The first-order chi connectivity index (χ1) is 49.2. The Kier molecular flexibility index (Phi) is 70.0. The molecule has 570 valence electrons. The molecule has 0 aromatic rings. The molecule has 0 heterocycles. The normalized spacial score (nSPS) is 15.1. The molecule has 0 aromatic carbocycles. The number of unbranched alkanes of at least 4 members (excludes halogenated alkanes) is 14. The van der Waals surface area contributed by atoms with Crippen LogP contribution in [0.4, 0.5) is 0 Å². The van der Waals surface area contributed by atoms with Gasteiger partial charge in [0.05, 0.1) is 26.4 Å². The van der Waals surface area contributed by atoms with Crippen LogP contribution in [0.5, 0.6) is 0 Å². The van der Waals surface area contributed by atoms with E-state index < -0.39 is 91.5 Å². The smallest absolute Gasteiger partial charge is 0.463 e. The minimum absolute atomic E-state index is 0.0107. The summed E-state index contributed by atoms with van der Waals surface area (Å²) in [5, 5.41) is 20.6. The second kappa shape index (κ2) is 74.1. The van der Waals surface area contributed by atoms with Crippen LogP contribution in [0, 0.1) is 0 Å². The van der Waals surface area contributed by atoms with Gasteiger partial charge in [-0.2, -0.15) is 0 Å². The molecule has 5 unspecified atom stereocenters. The first-order valence-electron chi connectivity index (χ1n) is 37.7. The lowest BCUT2D eigenvalue weighted by Crippen LogP contribution is -2.30. The second-order valence-electron chi connectivity index (χ2n) is 24.3. The number of ether oxygens (including phenoxy) is 3. The van der Waals surface area contributed by atoms with Gasteiger partial charge < -0.3 is 34.2 Å². The van der Waals surface area contributed by atoms with Gasteiger partial charge in [-0.25, -0.2) is 9.13 Å². The van der Waals surface area contributed by atoms with Gasteiger partial charge in [0.15, 0.2) is 6.10 Å². The number of esters is 3. The average molecular weight is 1450 g/mol. The minimum atomic E-state index is -4.96. The summed E-state index contributed by atoms with van der Waals surface area (Å²) in [5.74, 6) is -1.70. The van der Waals surface area contributed by atoms with Gasteiger partial charge in [-0.15, -0.1) is 0 Å². The van der Waals surface area contributed by atoms with Gasteiger partial charge in [0.2, 0.25) is 0 Å². The molecule has 0 aromatic heterocycles. The third-order valence-corrected chi connectivity index (χ3v) is 16.7. The van der Waals surface area contributed by atoms with Crippen LogP contribution in [0.2, 0.25) is 0 Å². The summed E-state index contributed by atoms with van der Waals surface area (Å²) in [4.78, 5) is 58.5. The number of aliphatic hydroxyl groups excluding tert-OH is 2. The Balaban J connectivity index is 4.65. The van der Waals surface area contributed by atoms with E-state index in [1.54, 1.807) is 0 Å². The third kappa shape index (κ3) is 75.4. The predicted molar refractivity (Wildman–Crippen MR) is 417 cm³/mol. The maximum Gasteiger partial charge on any atom is 0.472 e. The van der Waals surface area contributed by atoms with Gasteiger partial charge in [0.1, 0.15) is 25.4 Å². The number of hydrogen-bond donors (Lipinski definition) is 4. The quantitative estimate of drug-likeness (QED) is 0.0146. The van der Waals surface area contributed by atoms with Crippen molar-refractivity contribution in [1.29, 1.82) is 0 Å².